The van der Waals surface area contributed by atoms with Crippen LogP contribution in [-0.4, -0.2) is 38.7 Å². The smallest absolute Gasteiger partial charge is 0.161 e. The monoisotopic (exact) mass is 313 g/mol. The first-order valence-corrected chi connectivity index (χ1v) is 8.59. The van der Waals surface area contributed by atoms with E-state index >= 15 is 0 Å². The van der Waals surface area contributed by atoms with Crippen LogP contribution in [0.4, 0.5) is 0 Å². The number of hydrogen-bond acceptors (Lipinski definition) is 5. The topological polar surface area (TPSA) is 50.7 Å². The molecule has 0 radical (unpaired) electrons. The van der Waals surface area contributed by atoms with Gasteiger partial charge in [-0.15, -0.1) is 11.8 Å². The molecule has 0 aliphatic carbocycles. The molecule has 0 bridgehead atoms. The summed E-state index contributed by atoms with van der Waals surface area (Å²) in [6, 6.07) is 4.07. The molecule has 0 saturated heterocycles. The van der Waals surface area contributed by atoms with Crippen LogP contribution in [0.3, 0.4) is 0 Å². The van der Waals surface area contributed by atoms with E-state index < -0.39 is 0 Å². The van der Waals surface area contributed by atoms with Crippen molar-refractivity contribution in [2.24, 2.45) is 0 Å². The first-order chi connectivity index (χ1) is 10.3. The van der Waals surface area contributed by atoms with E-state index in [1.54, 1.807) is 26.0 Å². The Morgan fingerprint density at radius 3 is 2.33 bits per heavy atom. The van der Waals surface area contributed by atoms with Gasteiger partial charge >= 0.3 is 0 Å². The van der Waals surface area contributed by atoms with Crippen LogP contribution < -0.4 is 14.8 Å². The Labute approximate surface area is 132 Å². The highest BCUT2D eigenvalue weighted by molar-refractivity contribution is 7.98. The molecule has 1 aromatic carbocycles. The van der Waals surface area contributed by atoms with Crippen LogP contribution in [0.1, 0.15) is 31.2 Å². The van der Waals surface area contributed by atoms with Crippen LogP contribution >= 0.6 is 11.8 Å². The third-order valence-electron chi connectivity index (χ3n) is 3.36. The second kappa shape index (κ2) is 10.8. The van der Waals surface area contributed by atoms with Gasteiger partial charge < -0.3 is 19.9 Å². The van der Waals surface area contributed by atoms with Gasteiger partial charge in [0.2, 0.25) is 0 Å². The molecule has 4 nitrogen and oxygen atoms in total. The number of unbranched alkanes of at least 4 members (excludes halogenated alkanes) is 3. The maximum absolute atomic E-state index is 8.73. The number of nitrogens with one attached hydrogen (secondary N) is 1. The lowest BCUT2D eigenvalue weighted by Crippen LogP contribution is -2.15. The Kier molecular flexibility index (Phi) is 9.30. The minimum absolute atomic E-state index is 0.302. The first kappa shape index (κ1) is 18.1. The lowest BCUT2D eigenvalue weighted by Gasteiger charge is -2.14. The Balaban J connectivity index is 2.49. The quantitative estimate of drug-likeness (QED) is 0.486. The summed E-state index contributed by atoms with van der Waals surface area (Å²) in [6.07, 6.45) is 6.38. The van der Waals surface area contributed by atoms with Crippen molar-refractivity contribution in [3.63, 3.8) is 0 Å². The molecule has 0 spiro atoms. The highest BCUT2D eigenvalue weighted by Crippen LogP contribution is 2.34. The minimum Gasteiger partial charge on any atom is -0.493 e. The van der Waals surface area contributed by atoms with E-state index in [0.717, 1.165) is 50.3 Å². The van der Waals surface area contributed by atoms with Gasteiger partial charge in [-0.05, 0) is 43.3 Å². The number of thioether (sulfide) groups is 1. The van der Waals surface area contributed by atoms with Gasteiger partial charge in [0.1, 0.15) is 0 Å². The fourth-order valence-electron chi connectivity index (χ4n) is 2.17. The molecular weight excluding hydrogens is 286 g/mol. The van der Waals surface area contributed by atoms with Crippen LogP contribution in [0.2, 0.25) is 0 Å². The number of hydrogen-bond donors (Lipinski definition) is 2. The maximum Gasteiger partial charge on any atom is 0.161 e. The Bertz CT molecular complexity index is 413. The summed E-state index contributed by atoms with van der Waals surface area (Å²) < 4.78 is 10.7. The van der Waals surface area contributed by atoms with Gasteiger partial charge in [0.05, 0.1) is 14.2 Å². The van der Waals surface area contributed by atoms with Gasteiger partial charge in [0.15, 0.2) is 11.5 Å². The molecule has 0 aromatic heterocycles. The normalized spacial score (nSPS) is 10.7. The lowest BCUT2D eigenvalue weighted by molar-refractivity contribution is 0.282. The summed E-state index contributed by atoms with van der Waals surface area (Å²) in [5.74, 6) is 1.55. The standard InChI is InChI=1S/C16H27NO3S/c1-19-14-10-13(16(21-3)11-15(14)20-2)12-17-8-6-4-5-7-9-18/h10-11,17-18H,4-9,12H2,1-3H3. The third-order valence-corrected chi connectivity index (χ3v) is 4.18. The van der Waals surface area contributed by atoms with Gasteiger partial charge in [-0.1, -0.05) is 12.8 Å². The fourth-order valence-corrected chi connectivity index (χ4v) is 2.79. The van der Waals surface area contributed by atoms with Gasteiger partial charge in [-0.2, -0.15) is 0 Å². The average molecular weight is 313 g/mol. The molecular formula is C16H27NO3S. The molecule has 0 amide bonds. The summed E-state index contributed by atoms with van der Waals surface area (Å²) in [6.45, 7) is 2.13. The zero-order valence-electron chi connectivity index (χ0n) is 13.3. The second-order valence-corrected chi connectivity index (χ2v) is 5.68. The van der Waals surface area contributed by atoms with Gasteiger partial charge in [0, 0.05) is 18.0 Å². The number of rotatable bonds is 11. The first-order valence-electron chi connectivity index (χ1n) is 7.37. The van der Waals surface area contributed by atoms with Crippen LogP contribution in [-0.2, 0) is 6.54 Å². The molecule has 0 heterocycles. The largest absolute Gasteiger partial charge is 0.493 e. The number of ether oxygens (including phenoxy) is 2. The number of methoxy groups -OCH3 is 2. The number of benzene rings is 1. The van der Waals surface area contributed by atoms with Crippen molar-refractivity contribution in [1.82, 2.24) is 5.32 Å². The van der Waals surface area contributed by atoms with E-state index in [2.05, 4.69) is 11.6 Å². The van der Waals surface area contributed by atoms with Gasteiger partial charge in [-0.25, -0.2) is 0 Å². The highest BCUT2D eigenvalue weighted by Gasteiger charge is 2.10. The van der Waals surface area contributed by atoms with Crippen molar-refractivity contribution in [3.05, 3.63) is 17.7 Å². The molecule has 0 fully saturated rings. The fraction of sp³-hybridized carbons (Fsp3) is 0.625. The summed E-state index contributed by atoms with van der Waals surface area (Å²) in [5, 5.41) is 12.2. The molecule has 1 aromatic rings. The molecule has 120 valence electrons. The van der Waals surface area contributed by atoms with Crippen molar-refractivity contribution in [2.75, 3.05) is 33.6 Å². The molecule has 5 heteroatoms. The number of aliphatic hydroxyl groups excluding tert-OH is 1. The van der Waals surface area contributed by atoms with Crippen molar-refractivity contribution < 1.29 is 14.6 Å². The van der Waals surface area contributed by atoms with Crippen molar-refractivity contribution >= 4 is 11.8 Å². The third kappa shape index (κ3) is 6.16. The van der Waals surface area contributed by atoms with Crippen LogP contribution in [0.25, 0.3) is 0 Å². The van der Waals surface area contributed by atoms with E-state index in [-0.39, 0.29) is 0 Å². The highest BCUT2D eigenvalue weighted by atomic mass is 32.2. The summed E-state index contributed by atoms with van der Waals surface area (Å²) >= 11 is 1.72. The molecule has 1 rings (SSSR count). The second-order valence-electron chi connectivity index (χ2n) is 4.83. The number of aliphatic hydroxyl groups is 1. The molecule has 0 unspecified atom stereocenters. The van der Waals surface area contributed by atoms with Crippen molar-refractivity contribution in [1.29, 1.82) is 0 Å². The lowest BCUT2D eigenvalue weighted by atomic mass is 10.1. The van der Waals surface area contributed by atoms with Crippen LogP contribution in [0.5, 0.6) is 11.5 Å². The summed E-state index contributed by atoms with van der Waals surface area (Å²) in [5.41, 5.74) is 1.23. The Morgan fingerprint density at radius 1 is 1.05 bits per heavy atom. The zero-order valence-corrected chi connectivity index (χ0v) is 14.1. The minimum atomic E-state index is 0.302. The van der Waals surface area contributed by atoms with Gasteiger partial charge in [0.25, 0.3) is 0 Å². The summed E-state index contributed by atoms with van der Waals surface area (Å²) in [4.78, 5) is 1.21. The molecule has 2 N–H and O–H groups in total. The van der Waals surface area contributed by atoms with E-state index in [9.17, 15) is 0 Å². The zero-order chi connectivity index (χ0) is 15.5. The molecule has 0 aliphatic rings. The van der Waals surface area contributed by atoms with Gasteiger partial charge in [-0.3, -0.25) is 0 Å². The molecule has 21 heavy (non-hydrogen) atoms. The van der Waals surface area contributed by atoms with E-state index in [0.29, 0.717) is 6.61 Å². The van der Waals surface area contributed by atoms with Crippen molar-refractivity contribution in [3.8, 4) is 11.5 Å². The molecule has 0 saturated carbocycles. The summed E-state index contributed by atoms with van der Waals surface area (Å²) in [7, 11) is 3.32. The molecule has 0 atom stereocenters. The predicted octanol–water partition coefficient (Wildman–Crippen LogP) is 3.07. The maximum atomic E-state index is 8.73. The van der Waals surface area contributed by atoms with Crippen LogP contribution in [0, 0.1) is 0 Å². The predicted molar refractivity (Wildman–Crippen MR) is 88.6 cm³/mol. The van der Waals surface area contributed by atoms with Crippen LogP contribution in [0.15, 0.2) is 17.0 Å². The van der Waals surface area contributed by atoms with E-state index in [1.165, 1.54) is 10.5 Å². The molecule has 0 aliphatic heterocycles. The van der Waals surface area contributed by atoms with E-state index in [4.69, 9.17) is 14.6 Å². The average Bonchev–Trinajstić information content (AvgIpc) is 2.53. The Hall–Kier alpha value is -0.910. The van der Waals surface area contributed by atoms with Crippen molar-refractivity contribution in [2.45, 2.75) is 37.1 Å². The SMILES string of the molecule is COc1cc(CNCCCCCCO)c(SC)cc1OC. The van der Waals surface area contributed by atoms with E-state index in [1.807, 2.05) is 12.1 Å². The Morgan fingerprint density at radius 2 is 1.71 bits per heavy atom.